The number of rotatable bonds is 2. The maximum atomic E-state index is 13.0. The Hall–Kier alpha value is -2.17. The van der Waals surface area contributed by atoms with Crippen LogP contribution in [0.4, 0.5) is 5.69 Å². The summed E-state index contributed by atoms with van der Waals surface area (Å²) < 4.78 is 0. The first-order valence-corrected chi connectivity index (χ1v) is 9.36. The van der Waals surface area contributed by atoms with Crippen LogP contribution in [0.25, 0.3) is 10.8 Å². The summed E-state index contributed by atoms with van der Waals surface area (Å²) in [7, 11) is 0. The minimum Gasteiger partial charge on any atom is -0.311 e. The number of nitrogens with zero attached hydrogens (tertiary/aromatic N) is 1. The fourth-order valence-electron chi connectivity index (χ4n) is 4.21. The number of quaternary nitrogens is 1. The van der Waals surface area contributed by atoms with Crippen molar-refractivity contribution in [1.29, 1.82) is 0 Å². The van der Waals surface area contributed by atoms with Crippen LogP contribution in [0.1, 0.15) is 33.8 Å². The predicted octanol–water partition coefficient (Wildman–Crippen LogP) is 3.02. The Bertz CT molecular complexity index is 956. The zero-order chi connectivity index (χ0) is 16.3. The molecule has 2 aromatic carbocycles. The first-order valence-electron chi connectivity index (χ1n) is 8.48. The first kappa shape index (κ1) is 14.2. The molecule has 2 aliphatic heterocycles. The molecule has 2 atom stereocenters. The summed E-state index contributed by atoms with van der Waals surface area (Å²) in [5.41, 5.74) is 3.39. The van der Waals surface area contributed by atoms with E-state index in [4.69, 9.17) is 0 Å². The SMILES string of the molecule is C[C@H]1c2ccsc2CC[NH+]1CN1C(=O)c2cccc3cccc1c23. The standard InChI is InChI=1S/C20H18N2OS/c1-13-15-9-11-24-18(15)8-10-21(13)12-22-17-7-3-5-14-4-2-6-16(19(14)17)20(22)23/h2-7,9,11,13H,8,10,12H2,1H3/p+1/t13-/m0/s1. The monoisotopic (exact) mass is 335 g/mol. The molecule has 1 unspecified atom stereocenters. The van der Waals surface area contributed by atoms with Crippen molar-refractivity contribution in [2.24, 2.45) is 0 Å². The molecule has 1 aromatic heterocycles. The van der Waals surface area contributed by atoms with E-state index in [0.717, 1.165) is 41.7 Å². The van der Waals surface area contributed by atoms with Gasteiger partial charge in [-0.05, 0) is 35.9 Å². The van der Waals surface area contributed by atoms with Crippen LogP contribution in [-0.2, 0) is 6.42 Å². The number of carbonyl (C=O) groups is 1. The number of hydrogen-bond donors (Lipinski definition) is 1. The molecule has 3 nitrogen and oxygen atoms in total. The van der Waals surface area contributed by atoms with Crippen LogP contribution in [0.15, 0.2) is 47.8 Å². The quantitative estimate of drug-likeness (QED) is 0.765. The molecule has 120 valence electrons. The Labute approximate surface area is 145 Å². The lowest BCUT2D eigenvalue weighted by atomic mass is 10.0. The Kier molecular flexibility index (Phi) is 3.05. The van der Waals surface area contributed by atoms with Gasteiger partial charge in [0.25, 0.3) is 5.91 Å². The van der Waals surface area contributed by atoms with Crippen molar-refractivity contribution in [1.82, 2.24) is 0 Å². The summed E-state index contributed by atoms with van der Waals surface area (Å²) in [6.07, 6.45) is 1.12. The smallest absolute Gasteiger partial charge is 0.263 e. The Morgan fingerprint density at radius 1 is 1.21 bits per heavy atom. The highest BCUT2D eigenvalue weighted by Crippen LogP contribution is 2.36. The molecule has 5 rings (SSSR count). The van der Waals surface area contributed by atoms with E-state index in [1.165, 1.54) is 15.3 Å². The molecule has 24 heavy (non-hydrogen) atoms. The molecule has 2 aliphatic rings. The number of anilines is 1. The van der Waals surface area contributed by atoms with Crippen LogP contribution in [0.5, 0.6) is 0 Å². The first-order chi connectivity index (χ1) is 11.7. The van der Waals surface area contributed by atoms with Crippen molar-refractivity contribution >= 4 is 33.7 Å². The van der Waals surface area contributed by atoms with Crippen LogP contribution in [0.2, 0.25) is 0 Å². The maximum absolute atomic E-state index is 13.0. The summed E-state index contributed by atoms with van der Waals surface area (Å²) in [6, 6.07) is 15.0. The van der Waals surface area contributed by atoms with Crippen LogP contribution in [0, 0.1) is 0 Å². The predicted molar refractivity (Wildman–Crippen MR) is 97.9 cm³/mol. The number of fused-ring (bicyclic) bond motifs is 1. The highest BCUT2D eigenvalue weighted by molar-refractivity contribution is 7.10. The Balaban J connectivity index is 1.51. The summed E-state index contributed by atoms with van der Waals surface area (Å²) in [4.78, 5) is 17.9. The van der Waals surface area contributed by atoms with Gasteiger partial charge in [0.1, 0.15) is 6.04 Å². The molecular weight excluding hydrogens is 316 g/mol. The normalized spacial score (nSPS) is 22.2. The molecule has 1 amide bonds. The average molecular weight is 335 g/mol. The third-order valence-electron chi connectivity index (χ3n) is 5.54. The van der Waals surface area contributed by atoms with E-state index in [1.807, 2.05) is 28.4 Å². The van der Waals surface area contributed by atoms with Gasteiger partial charge < -0.3 is 4.90 Å². The minimum absolute atomic E-state index is 0.151. The van der Waals surface area contributed by atoms with Crippen molar-refractivity contribution in [3.05, 3.63) is 63.8 Å². The number of benzene rings is 2. The van der Waals surface area contributed by atoms with Crippen LogP contribution in [0.3, 0.4) is 0 Å². The van der Waals surface area contributed by atoms with Gasteiger partial charge in [0.15, 0.2) is 6.67 Å². The van der Waals surface area contributed by atoms with E-state index in [9.17, 15) is 4.79 Å². The topological polar surface area (TPSA) is 24.8 Å². The third-order valence-corrected chi connectivity index (χ3v) is 6.54. The van der Waals surface area contributed by atoms with Gasteiger partial charge in [0, 0.05) is 22.2 Å². The second-order valence-electron chi connectivity index (χ2n) is 6.75. The fraction of sp³-hybridized carbons (Fsp3) is 0.250. The van der Waals surface area contributed by atoms with Crippen molar-refractivity contribution < 1.29 is 9.69 Å². The van der Waals surface area contributed by atoms with Crippen LogP contribution >= 0.6 is 11.3 Å². The molecule has 0 saturated heterocycles. The Morgan fingerprint density at radius 3 is 2.92 bits per heavy atom. The summed E-state index contributed by atoms with van der Waals surface area (Å²) in [5.74, 6) is 0.151. The van der Waals surface area contributed by atoms with Crippen LogP contribution < -0.4 is 9.80 Å². The number of thiophene rings is 1. The summed E-state index contributed by atoms with van der Waals surface area (Å²) in [6.45, 7) is 4.11. The molecule has 0 bridgehead atoms. The summed E-state index contributed by atoms with van der Waals surface area (Å²) in [5, 5.41) is 4.47. The maximum Gasteiger partial charge on any atom is 0.263 e. The number of amides is 1. The van der Waals surface area contributed by atoms with E-state index in [-0.39, 0.29) is 5.91 Å². The zero-order valence-electron chi connectivity index (χ0n) is 13.6. The fourth-order valence-corrected chi connectivity index (χ4v) is 5.18. The zero-order valence-corrected chi connectivity index (χ0v) is 14.4. The second kappa shape index (κ2) is 5.16. The molecular formula is C20H19N2OS+. The molecule has 0 aliphatic carbocycles. The van der Waals surface area contributed by atoms with Gasteiger partial charge in [-0.15, -0.1) is 11.3 Å². The highest BCUT2D eigenvalue weighted by atomic mass is 32.1. The minimum atomic E-state index is 0.151. The van der Waals surface area contributed by atoms with Gasteiger partial charge in [0.05, 0.1) is 17.8 Å². The lowest BCUT2D eigenvalue weighted by Crippen LogP contribution is -3.14. The lowest BCUT2D eigenvalue weighted by molar-refractivity contribution is -0.930. The van der Waals surface area contributed by atoms with E-state index >= 15 is 0 Å². The Morgan fingerprint density at radius 2 is 2.04 bits per heavy atom. The highest BCUT2D eigenvalue weighted by Gasteiger charge is 2.35. The van der Waals surface area contributed by atoms with Gasteiger partial charge >= 0.3 is 0 Å². The van der Waals surface area contributed by atoms with Crippen molar-refractivity contribution in [2.75, 3.05) is 18.1 Å². The van der Waals surface area contributed by atoms with Gasteiger partial charge in [-0.3, -0.25) is 9.69 Å². The third kappa shape index (κ3) is 1.90. The largest absolute Gasteiger partial charge is 0.311 e. The number of carbonyl (C=O) groups excluding carboxylic acids is 1. The van der Waals surface area contributed by atoms with Crippen molar-refractivity contribution in [3.63, 3.8) is 0 Å². The molecule has 4 heteroatoms. The van der Waals surface area contributed by atoms with Gasteiger partial charge in [-0.25, -0.2) is 0 Å². The van der Waals surface area contributed by atoms with Gasteiger partial charge in [0.2, 0.25) is 0 Å². The molecule has 3 aromatic rings. The molecule has 0 saturated carbocycles. The van der Waals surface area contributed by atoms with E-state index < -0.39 is 0 Å². The van der Waals surface area contributed by atoms with Crippen LogP contribution in [-0.4, -0.2) is 19.1 Å². The number of nitrogens with one attached hydrogen (secondary N) is 1. The lowest BCUT2D eigenvalue weighted by Gasteiger charge is -2.33. The van der Waals surface area contributed by atoms with Crippen molar-refractivity contribution in [2.45, 2.75) is 19.4 Å². The van der Waals surface area contributed by atoms with Gasteiger partial charge in [-0.2, -0.15) is 0 Å². The molecule has 3 heterocycles. The van der Waals surface area contributed by atoms with Gasteiger partial charge in [-0.1, -0.05) is 24.3 Å². The average Bonchev–Trinajstić information content (AvgIpc) is 3.18. The molecule has 0 fully saturated rings. The summed E-state index contributed by atoms with van der Waals surface area (Å²) >= 11 is 1.87. The van der Waals surface area contributed by atoms with E-state index in [2.05, 4.69) is 42.6 Å². The second-order valence-corrected chi connectivity index (χ2v) is 7.75. The molecule has 1 N–H and O–H groups in total. The molecule has 0 radical (unpaired) electrons. The van der Waals surface area contributed by atoms with E-state index in [1.54, 1.807) is 0 Å². The number of hydrogen-bond acceptors (Lipinski definition) is 2. The van der Waals surface area contributed by atoms with Crippen molar-refractivity contribution in [3.8, 4) is 0 Å². The molecule has 0 spiro atoms. The van der Waals surface area contributed by atoms with E-state index in [0.29, 0.717) is 6.04 Å².